The molecule has 1 atom stereocenters. The van der Waals surface area contributed by atoms with Gasteiger partial charge in [-0.05, 0) is 37.6 Å². The Morgan fingerprint density at radius 1 is 1.56 bits per heavy atom. The van der Waals surface area contributed by atoms with E-state index in [4.69, 9.17) is 4.74 Å². The highest BCUT2D eigenvalue weighted by Gasteiger charge is 2.14. The van der Waals surface area contributed by atoms with Crippen LogP contribution in [0.15, 0.2) is 18.3 Å². The molecule has 0 spiro atoms. The Hall–Kier alpha value is -1.00. The van der Waals surface area contributed by atoms with Crippen molar-refractivity contribution < 1.29 is 9.13 Å². The maximum absolute atomic E-state index is 12.7. The summed E-state index contributed by atoms with van der Waals surface area (Å²) >= 11 is 0. The van der Waals surface area contributed by atoms with Gasteiger partial charge < -0.3 is 9.64 Å². The first-order chi connectivity index (χ1) is 7.74. The van der Waals surface area contributed by atoms with E-state index in [1.165, 1.54) is 12.3 Å². The molecule has 88 valence electrons. The average Bonchev–Trinajstić information content (AvgIpc) is 2.46. The van der Waals surface area contributed by atoms with E-state index < -0.39 is 0 Å². The van der Waals surface area contributed by atoms with Gasteiger partial charge in [-0.25, -0.2) is 4.39 Å². The highest BCUT2D eigenvalue weighted by atomic mass is 19.1. The normalized spacial score (nSPS) is 23.0. The molecule has 3 nitrogen and oxygen atoms in total. The molecule has 2 heterocycles. The molecule has 1 aromatic rings. The lowest BCUT2D eigenvalue weighted by atomic mass is 10.0. The average molecular weight is 223 g/mol. The zero-order valence-electron chi connectivity index (χ0n) is 9.23. The van der Waals surface area contributed by atoms with Gasteiger partial charge >= 0.3 is 0 Å². The number of ether oxygens (including phenoxy) is 1. The van der Waals surface area contributed by atoms with Crippen LogP contribution in [0.3, 0.4) is 0 Å². The van der Waals surface area contributed by atoms with Gasteiger partial charge in [0.15, 0.2) is 0 Å². The summed E-state index contributed by atoms with van der Waals surface area (Å²) in [5, 5.41) is 0. The van der Waals surface area contributed by atoms with Crippen LogP contribution in [0.2, 0.25) is 0 Å². The van der Waals surface area contributed by atoms with Crippen LogP contribution in [0.1, 0.15) is 5.69 Å². The predicted molar refractivity (Wildman–Crippen MR) is 59.1 cm³/mol. The van der Waals surface area contributed by atoms with E-state index in [0.29, 0.717) is 5.92 Å². The summed E-state index contributed by atoms with van der Waals surface area (Å²) < 4.78 is 18.2. The van der Waals surface area contributed by atoms with Crippen molar-refractivity contribution in [2.45, 2.75) is 6.42 Å². The van der Waals surface area contributed by atoms with E-state index in [1.807, 2.05) is 4.90 Å². The largest absolute Gasteiger partial charge is 0.457 e. The van der Waals surface area contributed by atoms with Crippen molar-refractivity contribution >= 4 is 0 Å². The van der Waals surface area contributed by atoms with Gasteiger partial charge in [-0.15, -0.1) is 0 Å². The molecule has 0 saturated carbocycles. The first kappa shape index (κ1) is 11.5. The third-order valence-electron chi connectivity index (χ3n) is 2.71. The molecule has 0 aliphatic carbocycles. The van der Waals surface area contributed by atoms with Crippen molar-refractivity contribution in [3.8, 4) is 0 Å². The second-order valence-electron chi connectivity index (χ2n) is 4.19. The minimum atomic E-state index is -0.292. The van der Waals surface area contributed by atoms with Gasteiger partial charge in [-0.1, -0.05) is 0 Å². The molecule has 0 amide bonds. The number of pyridine rings is 1. The molecule has 0 bridgehead atoms. The maximum Gasteiger partial charge on any atom is 0.141 e. The summed E-state index contributed by atoms with van der Waals surface area (Å²) in [5.74, 6) is 0.0950. The fraction of sp³-hybridized carbons (Fsp3) is 0.500. The smallest absolute Gasteiger partial charge is 0.141 e. The lowest BCUT2D eigenvalue weighted by molar-refractivity contribution is 0.122. The van der Waals surface area contributed by atoms with Crippen LogP contribution >= 0.6 is 0 Å². The van der Waals surface area contributed by atoms with Gasteiger partial charge in [0.2, 0.25) is 0 Å². The van der Waals surface area contributed by atoms with Crippen LogP contribution in [0, 0.1) is 18.8 Å². The molecular formula is C12H16FN2O-. The lowest BCUT2D eigenvalue weighted by Crippen LogP contribution is -2.25. The van der Waals surface area contributed by atoms with Gasteiger partial charge in [0.05, 0.1) is 19.4 Å². The van der Waals surface area contributed by atoms with Crippen molar-refractivity contribution in [1.29, 1.82) is 0 Å². The van der Waals surface area contributed by atoms with Gasteiger partial charge in [-0.3, -0.25) is 12.0 Å². The van der Waals surface area contributed by atoms with Crippen molar-refractivity contribution in [3.05, 3.63) is 36.9 Å². The fourth-order valence-corrected chi connectivity index (χ4v) is 1.90. The Labute approximate surface area is 95.2 Å². The molecule has 1 unspecified atom stereocenters. The Bertz CT molecular complexity index is 328. The number of hydrogen-bond acceptors (Lipinski definition) is 3. The molecule has 0 radical (unpaired) electrons. The summed E-state index contributed by atoms with van der Waals surface area (Å²) in [6, 6.07) is 3.18. The van der Waals surface area contributed by atoms with Crippen LogP contribution in [0.5, 0.6) is 0 Å². The van der Waals surface area contributed by atoms with Crippen molar-refractivity contribution in [1.82, 2.24) is 9.88 Å². The SMILES string of the molecule is [CH2-]N1CCOCC(Cc2ccc(F)cn2)C1. The highest BCUT2D eigenvalue weighted by Crippen LogP contribution is 2.12. The zero-order chi connectivity index (χ0) is 11.4. The molecule has 16 heavy (non-hydrogen) atoms. The molecular weight excluding hydrogens is 207 g/mol. The first-order valence-electron chi connectivity index (χ1n) is 5.47. The van der Waals surface area contributed by atoms with Gasteiger partial charge in [0.1, 0.15) is 5.82 Å². The van der Waals surface area contributed by atoms with E-state index in [1.54, 1.807) is 6.07 Å². The topological polar surface area (TPSA) is 25.4 Å². The Morgan fingerprint density at radius 2 is 2.44 bits per heavy atom. The minimum Gasteiger partial charge on any atom is -0.457 e. The van der Waals surface area contributed by atoms with Crippen LogP contribution < -0.4 is 0 Å². The number of aromatic nitrogens is 1. The van der Waals surface area contributed by atoms with E-state index in [0.717, 1.165) is 38.4 Å². The number of rotatable bonds is 2. The summed E-state index contributed by atoms with van der Waals surface area (Å²) in [7, 11) is 3.94. The standard InChI is InChI=1S/C12H16FN2O/c1-15-4-5-16-9-10(8-15)6-12-3-2-11(13)7-14-12/h2-3,7,10H,1,4-6,8-9H2/q-1. The van der Waals surface area contributed by atoms with Crippen LogP contribution in [-0.4, -0.2) is 36.2 Å². The lowest BCUT2D eigenvalue weighted by Gasteiger charge is -2.25. The Morgan fingerprint density at radius 3 is 3.19 bits per heavy atom. The van der Waals surface area contributed by atoms with E-state index >= 15 is 0 Å². The van der Waals surface area contributed by atoms with Crippen LogP contribution in [-0.2, 0) is 11.2 Å². The summed E-state index contributed by atoms with van der Waals surface area (Å²) in [5.41, 5.74) is 0.908. The molecule has 1 aliphatic heterocycles. The Balaban J connectivity index is 1.95. The molecule has 0 N–H and O–H groups in total. The first-order valence-corrected chi connectivity index (χ1v) is 5.47. The van der Waals surface area contributed by atoms with Gasteiger partial charge in [-0.2, -0.15) is 0 Å². The minimum absolute atomic E-state index is 0.292. The summed E-state index contributed by atoms with van der Waals surface area (Å²) in [6.07, 6.45) is 2.07. The third kappa shape index (κ3) is 3.25. The molecule has 4 heteroatoms. The summed E-state index contributed by atoms with van der Waals surface area (Å²) in [6.45, 7) is 3.23. The molecule has 1 aromatic heterocycles. The van der Waals surface area contributed by atoms with Crippen LogP contribution in [0.4, 0.5) is 4.39 Å². The quantitative estimate of drug-likeness (QED) is 0.710. The van der Waals surface area contributed by atoms with E-state index in [9.17, 15) is 4.39 Å². The predicted octanol–water partition coefficient (Wildman–Crippen LogP) is 1.50. The highest BCUT2D eigenvalue weighted by molar-refractivity contribution is 5.06. The molecule has 2 rings (SSSR count). The second kappa shape index (κ2) is 5.37. The van der Waals surface area contributed by atoms with Crippen molar-refractivity contribution in [3.63, 3.8) is 0 Å². The maximum atomic E-state index is 12.7. The van der Waals surface area contributed by atoms with E-state index in [-0.39, 0.29) is 5.82 Å². The number of nitrogens with zero attached hydrogens (tertiary/aromatic N) is 2. The monoisotopic (exact) mass is 223 g/mol. The Kier molecular flexibility index (Phi) is 3.85. The second-order valence-corrected chi connectivity index (χ2v) is 4.19. The third-order valence-corrected chi connectivity index (χ3v) is 2.71. The van der Waals surface area contributed by atoms with Crippen molar-refractivity contribution in [2.24, 2.45) is 5.92 Å². The van der Waals surface area contributed by atoms with E-state index in [2.05, 4.69) is 12.0 Å². The van der Waals surface area contributed by atoms with Crippen molar-refractivity contribution in [2.75, 3.05) is 26.3 Å². The summed E-state index contributed by atoms with van der Waals surface area (Å²) in [4.78, 5) is 6.07. The molecule has 1 saturated heterocycles. The van der Waals surface area contributed by atoms with Gasteiger partial charge in [0.25, 0.3) is 0 Å². The fourth-order valence-electron chi connectivity index (χ4n) is 1.90. The van der Waals surface area contributed by atoms with Gasteiger partial charge in [0, 0.05) is 5.69 Å². The number of halogens is 1. The number of hydrogen-bond donors (Lipinski definition) is 0. The zero-order valence-corrected chi connectivity index (χ0v) is 9.23. The van der Waals surface area contributed by atoms with Crippen LogP contribution in [0.25, 0.3) is 0 Å². The molecule has 0 aromatic carbocycles. The molecule has 1 fully saturated rings. The molecule has 1 aliphatic rings.